The van der Waals surface area contributed by atoms with Gasteiger partial charge in [0.15, 0.2) is 0 Å². The molecule has 1 unspecified atom stereocenters. The molecule has 24 heavy (non-hydrogen) atoms. The van der Waals surface area contributed by atoms with E-state index in [0.717, 1.165) is 31.4 Å². The van der Waals surface area contributed by atoms with Crippen LogP contribution in [0.15, 0.2) is 24.3 Å². The summed E-state index contributed by atoms with van der Waals surface area (Å²) in [6, 6.07) is 6.32. The van der Waals surface area contributed by atoms with Crippen LogP contribution in [0.25, 0.3) is 0 Å². The van der Waals surface area contributed by atoms with Gasteiger partial charge in [-0.1, -0.05) is 18.6 Å². The van der Waals surface area contributed by atoms with E-state index in [-0.39, 0.29) is 30.9 Å². The minimum atomic E-state index is -2.84. The van der Waals surface area contributed by atoms with Gasteiger partial charge in [0.2, 0.25) is 5.91 Å². The standard InChI is InChI=1S/C17H24F2N2O3/c1-20(10-13-5-7-15(8-6-13)24-17(18)19)16(23)11-21-9-3-2-4-14(21)12-22/h5-8,14,17,22H,2-4,9-12H2,1H3. The fourth-order valence-electron chi connectivity index (χ4n) is 2.91. The number of halogens is 2. The first-order valence-corrected chi connectivity index (χ1v) is 8.12. The van der Waals surface area contributed by atoms with Crippen LogP contribution < -0.4 is 4.74 Å². The van der Waals surface area contributed by atoms with Crippen molar-refractivity contribution >= 4 is 5.91 Å². The zero-order chi connectivity index (χ0) is 17.5. The Bertz CT molecular complexity index is 525. The summed E-state index contributed by atoms with van der Waals surface area (Å²) < 4.78 is 28.5. The van der Waals surface area contributed by atoms with Gasteiger partial charge >= 0.3 is 6.61 Å². The van der Waals surface area contributed by atoms with Crippen LogP contribution in [0.2, 0.25) is 0 Å². The monoisotopic (exact) mass is 342 g/mol. The van der Waals surface area contributed by atoms with Crippen molar-refractivity contribution in [2.45, 2.75) is 38.5 Å². The van der Waals surface area contributed by atoms with Gasteiger partial charge in [0, 0.05) is 19.6 Å². The Labute approximate surface area is 140 Å². The molecule has 1 amide bonds. The second-order valence-corrected chi connectivity index (χ2v) is 6.07. The van der Waals surface area contributed by atoms with Crippen molar-refractivity contribution in [2.24, 2.45) is 0 Å². The lowest BCUT2D eigenvalue weighted by Crippen LogP contribution is -2.47. The number of carbonyl (C=O) groups excluding carboxylic acids is 1. The number of benzene rings is 1. The van der Waals surface area contributed by atoms with Crippen LogP contribution in [-0.2, 0) is 11.3 Å². The first-order valence-electron chi connectivity index (χ1n) is 8.12. The van der Waals surface area contributed by atoms with Crippen LogP contribution >= 0.6 is 0 Å². The molecule has 1 aromatic rings. The number of aliphatic hydroxyl groups is 1. The molecular weight excluding hydrogens is 318 g/mol. The Morgan fingerprint density at radius 2 is 2.08 bits per heavy atom. The quantitative estimate of drug-likeness (QED) is 0.824. The fraction of sp³-hybridized carbons (Fsp3) is 0.588. The normalized spacial score (nSPS) is 18.6. The van der Waals surface area contributed by atoms with Crippen molar-refractivity contribution in [1.82, 2.24) is 9.80 Å². The molecule has 2 rings (SSSR count). The fourth-order valence-corrected chi connectivity index (χ4v) is 2.91. The number of likely N-dealkylation sites (N-methyl/N-ethyl adjacent to an activating group) is 1. The highest BCUT2D eigenvalue weighted by Gasteiger charge is 2.24. The second-order valence-electron chi connectivity index (χ2n) is 6.07. The predicted molar refractivity (Wildman–Crippen MR) is 85.8 cm³/mol. The Hall–Kier alpha value is -1.73. The third-order valence-corrected chi connectivity index (χ3v) is 4.29. The topological polar surface area (TPSA) is 53.0 Å². The van der Waals surface area contributed by atoms with E-state index in [9.17, 15) is 18.7 Å². The second kappa shape index (κ2) is 8.94. The van der Waals surface area contributed by atoms with Gasteiger partial charge in [-0.2, -0.15) is 8.78 Å². The van der Waals surface area contributed by atoms with Crippen molar-refractivity contribution in [1.29, 1.82) is 0 Å². The third kappa shape index (κ3) is 5.42. The minimum Gasteiger partial charge on any atom is -0.435 e. The molecule has 0 aromatic heterocycles. The summed E-state index contributed by atoms with van der Waals surface area (Å²) in [5.41, 5.74) is 0.838. The first kappa shape index (κ1) is 18.6. The number of likely N-dealkylation sites (tertiary alicyclic amines) is 1. The minimum absolute atomic E-state index is 0.0248. The molecule has 1 N–H and O–H groups in total. The Balaban J connectivity index is 1.86. The van der Waals surface area contributed by atoms with Crippen molar-refractivity contribution in [2.75, 3.05) is 26.7 Å². The Morgan fingerprint density at radius 1 is 1.38 bits per heavy atom. The molecule has 1 saturated heterocycles. The van der Waals surface area contributed by atoms with E-state index >= 15 is 0 Å². The van der Waals surface area contributed by atoms with E-state index in [1.807, 2.05) is 4.90 Å². The number of nitrogens with zero attached hydrogens (tertiary/aromatic N) is 2. The van der Waals surface area contributed by atoms with Gasteiger partial charge in [-0.3, -0.25) is 9.69 Å². The van der Waals surface area contributed by atoms with Crippen molar-refractivity contribution in [3.8, 4) is 5.75 Å². The molecule has 1 aliphatic rings. The van der Waals surface area contributed by atoms with Crippen LogP contribution in [0.4, 0.5) is 8.78 Å². The van der Waals surface area contributed by atoms with Gasteiger partial charge in [-0.05, 0) is 37.1 Å². The zero-order valence-corrected chi connectivity index (χ0v) is 13.8. The maximum Gasteiger partial charge on any atom is 0.387 e. The number of hydrogen-bond acceptors (Lipinski definition) is 4. The summed E-state index contributed by atoms with van der Waals surface area (Å²) in [6.45, 7) is -1.27. The molecule has 1 heterocycles. The van der Waals surface area contributed by atoms with Crippen LogP contribution in [0.1, 0.15) is 24.8 Å². The van der Waals surface area contributed by atoms with Crippen molar-refractivity contribution in [3.05, 3.63) is 29.8 Å². The lowest BCUT2D eigenvalue weighted by molar-refractivity contribution is -0.132. The average molecular weight is 342 g/mol. The molecule has 1 aliphatic heterocycles. The van der Waals surface area contributed by atoms with Crippen LogP contribution in [0, 0.1) is 0 Å². The summed E-state index contributed by atoms with van der Waals surface area (Å²) in [5.74, 6) is 0.0742. The maximum atomic E-state index is 12.4. The summed E-state index contributed by atoms with van der Waals surface area (Å²) in [4.78, 5) is 16.0. The lowest BCUT2D eigenvalue weighted by Gasteiger charge is -2.34. The van der Waals surface area contributed by atoms with E-state index in [2.05, 4.69) is 4.74 Å². The Morgan fingerprint density at radius 3 is 2.71 bits per heavy atom. The largest absolute Gasteiger partial charge is 0.435 e. The molecule has 0 spiro atoms. The summed E-state index contributed by atoms with van der Waals surface area (Å²) in [6.07, 6.45) is 3.04. The molecule has 1 atom stereocenters. The molecule has 1 aromatic carbocycles. The highest BCUT2D eigenvalue weighted by molar-refractivity contribution is 5.78. The van der Waals surface area contributed by atoms with E-state index in [1.54, 1.807) is 24.1 Å². The van der Waals surface area contributed by atoms with E-state index in [1.165, 1.54) is 12.1 Å². The predicted octanol–water partition coefficient (Wildman–Crippen LogP) is 2.09. The zero-order valence-electron chi connectivity index (χ0n) is 13.8. The summed E-state index contributed by atoms with van der Waals surface area (Å²) in [7, 11) is 1.71. The molecular formula is C17H24F2N2O3. The molecule has 0 saturated carbocycles. The smallest absolute Gasteiger partial charge is 0.387 e. The Kier molecular flexibility index (Phi) is 6.93. The van der Waals surface area contributed by atoms with Gasteiger partial charge in [-0.25, -0.2) is 0 Å². The lowest BCUT2D eigenvalue weighted by atomic mass is 10.0. The van der Waals surface area contributed by atoms with Gasteiger partial charge in [-0.15, -0.1) is 0 Å². The average Bonchev–Trinajstić information content (AvgIpc) is 2.56. The molecule has 7 heteroatoms. The number of hydrogen-bond donors (Lipinski definition) is 1. The summed E-state index contributed by atoms with van der Waals surface area (Å²) >= 11 is 0. The van der Waals surface area contributed by atoms with E-state index in [4.69, 9.17) is 0 Å². The van der Waals surface area contributed by atoms with Crippen LogP contribution in [0.3, 0.4) is 0 Å². The van der Waals surface area contributed by atoms with E-state index in [0.29, 0.717) is 6.54 Å². The van der Waals surface area contributed by atoms with Crippen LogP contribution in [-0.4, -0.2) is 60.2 Å². The highest BCUT2D eigenvalue weighted by Crippen LogP contribution is 2.18. The number of aliphatic hydroxyl groups excluding tert-OH is 1. The molecule has 5 nitrogen and oxygen atoms in total. The van der Waals surface area contributed by atoms with Gasteiger partial charge < -0.3 is 14.7 Å². The SMILES string of the molecule is CN(Cc1ccc(OC(F)F)cc1)C(=O)CN1CCCCC1CO. The molecule has 0 aliphatic carbocycles. The molecule has 134 valence electrons. The van der Waals surface area contributed by atoms with Crippen LogP contribution in [0.5, 0.6) is 5.75 Å². The number of piperidine rings is 1. The molecule has 0 bridgehead atoms. The first-order chi connectivity index (χ1) is 11.5. The van der Waals surface area contributed by atoms with Crippen molar-refractivity contribution < 1.29 is 23.4 Å². The number of amides is 1. The van der Waals surface area contributed by atoms with Gasteiger partial charge in [0.1, 0.15) is 5.75 Å². The maximum absolute atomic E-state index is 12.4. The molecule has 1 fully saturated rings. The van der Waals surface area contributed by atoms with Gasteiger partial charge in [0.25, 0.3) is 0 Å². The number of alkyl halides is 2. The molecule has 0 radical (unpaired) electrons. The van der Waals surface area contributed by atoms with E-state index < -0.39 is 6.61 Å². The summed E-state index contributed by atoms with van der Waals surface area (Å²) in [5, 5.41) is 9.40. The van der Waals surface area contributed by atoms with Gasteiger partial charge in [0.05, 0.1) is 13.2 Å². The number of ether oxygens (including phenoxy) is 1. The van der Waals surface area contributed by atoms with Crippen molar-refractivity contribution in [3.63, 3.8) is 0 Å². The highest BCUT2D eigenvalue weighted by atomic mass is 19.3. The third-order valence-electron chi connectivity index (χ3n) is 4.29. The number of rotatable bonds is 7. The number of carbonyl (C=O) groups is 1.